The number of carbonyl (C=O) groups excluding carboxylic acids is 1. The summed E-state index contributed by atoms with van der Waals surface area (Å²) in [6.07, 6.45) is 2.05. The number of hydrogen-bond donors (Lipinski definition) is 2. The molecule has 5 heteroatoms. The zero-order chi connectivity index (χ0) is 21.8. The van der Waals surface area contributed by atoms with Crippen molar-refractivity contribution in [3.05, 3.63) is 87.7 Å². The number of fused-ring (bicyclic) bond motifs is 1. The number of rotatable bonds is 8. The summed E-state index contributed by atoms with van der Waals surface area (Å²) in [5, 5.41) is 6.33. The van der Waals surface area contributed by atoms with Gasteiger partial charge in [-0.05, 0) is 59.2 Å². The molecule has 2 aromatic heterocycles. The molecule has 1 atom stereocenters. The first-order valence-corrected chi connectivity index (χ1v) is 11.5. The Labute approximate surface area is 187 Å². The number of ether oxygens (including phenoxy) is 1. The van der Waals surface area contributed by atoms with Crippen molar-refractivity contribution >= 4 is 28.1 Å². The molecule has 2 heterocycles. The molecule has 4 rings (SSSR count). The van der Waals surface area contributed by atoms with Crippen LogP contribution in [0.1, 0.15) is 47.3 Å². The van der Waals surface area contributed by atoms with Crippen LogP contribution in [0.4, 0.5) is 0 Å². The standard InChI is InChI=1S/C26H28N2O2S/c1-17(2)20-11-10-19(13-18(20)3)30-16-26(29)28-15-23(25-9-6-12-31-25)22-14-27-24-8-5-4-7-21(22)24/h4-14,17,23,27H,15-16H2,1-3H3,(H,28,29)/t23-/m0/s1. The molecule has 31 heavy (non-hydrogen) atoms. The number of benzene rings is 2. The van der Waals surface area contributed by atoms with Crippen LogP contribution in [0.5, 0.6) is 5.75 Å². The maximum atomic E-state index is 12.5. The molecule has 160 valence electrons. The van der Waals surface area contributed by atoms with Crippen LogP contribution in [0.15, 0.2) is 66.2 Å². The Morgan fingerprint density at radius 1 is 1.10 bits per heavy atom. The number of aromatic amines is 1. The van der Waals surface area contributed by atoms with Crippen LogP contribution in [0.25, 0.3) is 10.9 Å². The minimum absolute atomic E-state index is 0.00547. The minimum atomic E-state index is -0.119. The Hall–Kier alpha value is -3.05. The van der Waals surface area contributed by atoms with Gasteiger partial charge in [0.2, 0.25) is 0 Å². The van der Waals surface area contributed by atoms with E-state index in [2.05, 4.69) is 73.0 Å². The predicted octanol–water partition coefficient (Wildman–Crippen LogP) is 5.99. The Morgan fingerprint density at radius 2 is 1.94 bits per heavy atom. The first-order valence-electron chi connectivity index (χ1n) is 10.6. The van der Waals surface area contributed by atoms with Crippen molar-refractivity contribution in [2.24, 2.45) is 0 Å². The third-order valence-corrected chi connectivity index (χ3v) is 6.61. The van der Waals surface area contributed by atoms with Gasteiger partial charge < -0.3 is 15.0 Å². The highest BCUT2D eigenvalue weighted by atomic mass is 32.1. The number of para-hydroxylation sites is 1. The van der Waals surface area contributed by atoms with Crippen LogP contribution in [-0.2, 0) is 4.79 Å². The van der Waals surface area contributed by atoms with Gasteiger partial charge in [-0.15, -0.1) is 11.3 Å². The van der Waals surface area contributed by atoms with Gasteiger partial charge in [0.25, 0.3) is 5.91 Å². The van der Waals surface area contributed by atoms with Crippen LogP contribution >= 0.6 is 11.3 Å². The van der Waals surface area contributed by atoms with Gasteiger partial charge in [0.05, 0.1) is 0 Å². The number of thiophene rings is 1. The van der Waals surface area contributed by atoms with Crippen molar-refractivity contribution in [1.82, 2.24) is 10.3 Å². The highest BCUT2D eigenvalue weighted by Gasteiger charge is 2.20. The molecule has 0 bridgehead atoms. The molecule has 0 saturated heterocycles. The summed E-state index contributed by atoms with van der Waals surface area (Å²) in [4.78, 5) is 17.1. The Morgan fingerprint density at radius 3 is 2.68 bits per heavy atom. The highest BCUT2D eigenvalue weighted by molar-refractivity contribution is 7.10. The number of aryl methyl sites for hydroxylation is 1. The SMILES string of the molecule is Cc1cc(OCC(=O)NC[C@H](c2cccs2)c2c[nH]c3ccccc23)ccc1C(C)C. The molecule has 2 N–H and O–H groups in total. The van der Waals surface area contributed by atoms with Gasteiger partial charge in [-0.3, -0.25) is 4.79 Å². The maximum Gasteiger partial charge on any atom is 0.257 e. The van der Waals surface area contributed by atoms with E-state index < -0.39 is 0 Å². The van der Waals surface area contributed by atoms with E-state index >= 15 is 0 Å². The number of amides is 1. The van der Waals surface area contributed by atoms with E-state index in [9.17, 15) is 4.79 Å². The van der Waals surface area contributed by atoms with Gasteiger partial charge in [-0.2, -0.15) is 0 Å². The lowest BCUT2D eigenvalue weighted by atomic mass is 9.96. The van der Waals surface area contributed by atoms with Crippen molar-refractivity contribution in [2.45, 2.75) is 32.6 Å². The largest absolute Gasteiger partial charge is 0.484 e. The van der Waals surface area contributed by atoms with Crippen LogP contribution in [-0.4, -0.2) is 24.0 Å². The molecular weight excluding hydrogens is 404 g/mol. The summed E-state index contributed by atoms with van der Waals surface area (Å²) in [6, 6.07) is 18.5. The number of aromatic nitrogens is 1. The zero-order valence-corrected chi connectivity index (χ0v) is 19.0. The summed E-state index contributed by atoms with van der Waals surface area (Å²) in [6.45, 7) is 6.96. The number of nitrogens with one attached hydrogen (secondary N) is 2. The van der Waals surface area contributed by atoms with Gasteiger partial charge in [0, 0.05) is 34.4 Å². The van der Waals surface area contributed by atoms with E-state index in [1.807, 2.05) is 24.3 Å². The fourth-order valence-corrected chi connectivity index (χ4v) is 4.88. The summed E-state index contributed by atoms with van der Waals surface area (Å²) in [5.41, 5.74) is 4.78. The highest BCUT2D eigenvalue weighted by Crippen LogP contribution is 2.32. The van der Waals surface area contributed by atoms with Crippen LogP contribution in [0.2, 0.25) is 0 Å². The molecular formula is C26H28N2O2S. The molecule has 1 amide bonds. The number of carbonyl (C=O) groups is 1. The lowest BCUT2D eigenvalue weighted by molar-refractivity contribution is -0.123. The molecule has 4 nitrogen and oxygen atoms in total. The van der Waals surface area contributed by atoms with Crippen molar-refractivity contribution in [3.63, 3.8) is 0 Å². The summed E-state index contributed by atoms with van der Waals surface area (Å²) in [5.74, 6) is 1.17. The molecule has 0 aliphatic heterocycles. The third kappa shape index (κ3) is 4.83. The van der Waals surface area contributed by atoms with Gasteiger partial charge in [0.1, 0.15) is 5.75 Å². The van der Waals surface area contributed by atoms with E-state index in [1.54, 1.807) is 11.3 Å². The fraction of sp³-hybridized carbons (Fsp3) is 0.269. The molecule has 0 spiro atoms. The van der Waals surface area contributed by atoms with E-state index in [-0.39, 0.29) is 18.4 Å². The van der Waals surface area contributed by atoms with Crippen molar-refractivity contribution in [2.75, 3.05) is 13.2 Å². The third-order valence-electron chi connectivity index (χ3n) is 5.62. The maximum absolute atomic E-state index is 12.5. The molecule has 0 unspecified atom stereocenters. The predicted molar refractivity (Wildman–Crippen MR) is 128 cm³/mol. The van der Waals surface area contributed by atoms with Gasteiger partial charge in [0.15, 0.2) is 6.61 Å². The van der Waals surface area contributed by atoms with E-state index in [0.717, 1.165) is 11.3 Å². The van der Waals surface area contributed by atoms with E-state index in [4.69, 9.17) is 4.74 Å². The second kappa shape index (κ2) is 9.40. The first-order chi connectivity index (χ1) is 15.0. The summed E-state index contributed by atoms with van der Waals surface area (Å²) in [7, 11) is 0. The van der Waals surface area contributed by atoms with Crippen molar-refractivity contribution in [3.8, 4) is 5.75 Å². The molecule has 0 aliphatic rings. The lowest BCUT2D eigenvalue weighted by Crippen LogP contribution is -2.32. The summed E-state index contributed by atoms with van der Waals surface area (Å²) < 4.78 is 5.75. The van der Waals surface area contributed by atoms with Crippen LogP contribution in [0.3, 0.4) is 0 Å². The van der Waals surface area contributed by atoms with Gasteiger partial charge >= 0.3 is 0 Å². The first kappa shape index (κ1) is 21.2. The molecule has 0 radical (unpaired) electrons. The molecule has 4 aromatic rings. The van der Waals surface area contributed by atoms with Crippen molar-refractivity contribution < 1.29 is 9.53 Å². The fourth-order valence-electron chi connectivity index (χ4n) is 4.04. The normalized spacial score (nSPS) is 12.3. The zero-order valence-electron chi connectivity index (χ0n) is 18.1. The second-order valence-electron chi connectivity index (χ2n) is 8.12. The number of H-pyrrole nitrogens is 1. The molecule has 0 saturated carbocycles. The Kier molecular flexibility index (Phi) is 6.42. The Bertz CT molecular complexity index is 1160. The number of hydrogen-bond acceptors (Lipinski definition) is 3. The minimum Gasteiger partial charge on any atom is -0.484 e. The van der Waals surface area contributed by atoms with Gasteiger partial charge in [-0.1, -0.05) is 44.2 Å². The summed E-state index contributed by atoms with van der Waals surface area (Å²) >= 11 is 1.71. The monoisotopic (exact) mass is 432 g/mol. The molecule has 2 aromatic carbocycles. The van der Waals surface area contributed by atoms with Gasteiger partial charge in [-0.25, -0.2) is 0 Å². The average molecular weight is 433 g/mol. The van der Waals surface area contributed by atoms with Crippen LogP contribution < -0.4 is 10.1 Å². The molecule has 0 fully saturated rings. The smallest absolute Gasteiger partial charge is 0.257 e. The average Bonchev–Trinajstić information content (AvgIpc) is 3.43. The van der Waals surface area contributed by atoms with E-state index in [0.29, 0.717) is 12.5 Å². The van der Waals surface area contributed by atoms with E-state index in [1.165, 1.54) is 27.0 Å². The second-order valence-corrected chi connectivity index (χ2v) is 9.10. The van der Waals surface area contributed by atoms with Crippen molar-refractivity contribution in [1.29, 1.82) is 0 Å². The lowest BCUT2D eigenvalue weighted by Gasteiger charge is -2.17. The quantitative estimate of drug-likeness (QED) is 0.359. The Balaban J connectivity index is 1.42. The topological polar surface area (TPSA) is 54.1 Å². The molecule has 0 aliphatic carbocycles. The van der Waals surface area contributed by atoms with Crippen LogP contribution in [0, 0.1) is 6.92 Å².